The lowest BCUT2D eigenvalue weighted by atomic mass is 10.2. The maximum absolute atomic E-state index is 13.1. The maximum Gasteiger partial charge on any atom is 0.341 e. The van der Waals surface area contributed by atoms with Crippen LogP contribution >= 0.6 is 11.3 Å². The van der Waals surface area contributed by atoms with Crippen LogP contribution in [0.1, 0.15) is 16.1 Å². The highest BCUT2D eigenvalue weighted by molar-refractivity contribution is 7.20. The van der Waals surface area contributed by atoms with Crippen LogP contribution < -0.4 is 4.90 Å². The zero-order chi connectivity index (χ0) is 21.4. The summed E-state index contributed by atoms with van der Waals surface area (Å²) >= 11 is 1.53. The Kier molecular flexibility index (Phi) is 5.16. The van der Waals surface area contributed by atoms with Gasteiger partial charge in [0.15, 0.2) is 0 Å². The third-order valence-electron chi connectivity index (χ3n) is 5.33. The highest BCUT2D eigenvalue weighted by Crippen LogP contribution is 2.28. The van der Waals surface area contributed by atoms with Gasteiger partial charge in [0, 0.05) is 31.7 Å². The molecule has 10 heteroatoms. The molecule has 1 aliphatic rings. The van der Waals surface area contributed by atoms with Crippen molar-refractivity contribution in [2.45, 2.75) is 6.54 Å². The molecular formula is C21H20FN5O3S. The van der Waals surface area contributed by atoms with Crippen LogP contribution in [0.3, 0.4) is 0 Å². The lowest BCUT2D eigenvalue weighted by Gasteiger charge is -2.33. The van der Waals surface area contributed by atoms with Crippen LogP contribution in [0.2, 0.25) is 0 Å². The smallest absolute Gasteiger partial charge is 0.341 e. The predicted octanol–water partition coefficient (Wildman–Crippen LogP) is 3.30. The lowest BCUT2D eigenvalue weighted by molar-refractivity contribution is 0.0596. The van der Waals surface area contributed by atoms with E-state index in [1.807, 2.05) is 6.20 Å². The number of piperazine rings is 1. The molecule has 4 aromatic rings. The van der Waals surface area contributed by atoms with Gasteiger partial charge in [-0.05, 0) is 30.3 Å². The molecule has 1 aliphatic heterocycles. The zero-order valence-electron chi connectivity index (χ0n) is 16.8. The number of aromatic nitrogens is 3. The van der Waals surface area contributed by atoms with Crippen molar-refractivity contribution in [3.8, 4) is 11.3 Å². The van der Waals surface area contributed by atoms with Crippen LogP contribution in [-0.2, 0) is 11.3 Å². The van der Waals surface area contributed by atoms with E-state index in [1.165, 1.54) is 36.8 Å². The lowest BCUT2D eigenvalue weighted by Crippen LogP contribution is -2.46. The van der Waals surface area contributed by atoms with Gasteiger partial charge in [0.2, 0.25) is 10.1 Å². The van der Waals surface area contributed by atoms with E-state index in [4.69, 9.17) is 9.15 Å². The molecule has 0 aliphatic carbocycles. The molecule has 0 N–H and O–H groups in total. The molecule has 0 unspecified atom stereocenters. The molecule has 160 valence electrons. The van der Waals surface area contributed by atoms with Gasteiger partial charge in [-0.25, -0.2) is 18.7 Å². The average Bonchev–Trinajstić information content (AvgIpc) is 3.49. The fourth-order valence-electron chi connectivity index (χ4n) is 3.63. The van der Waals surface area contributed by atoms with Crippen molar-refractivity contribution < 1.29 is 18.3 Å². The molecule has 8 nitrogen and oxygen atoms in total. The second-order valence-electron chi connectivity index (χ2n) is 7.26. The standard InChI is InChI=1S/C21H20FN5O3S/c1-29-19(28)16-6-11-30-18(16)13-25-7-9-26(10-8-25)21-24-27-12-17(23-20(27)31-21)14-2-4-15(22)5-3-14/h2-6,11-12H,7-10,13H2,1H3. The van der Waals surface area contributed by atoms with E-state index in [-0.39, 0.29) is 11.8 Å². The summed E-state index contributed by atoms with van der Waals surface area (Å²) in [7, 11) is 1.37. The minimum atomic E-state index is -0.381. The Balaban J connectivity index is 1.23. The second-order valence-corrected chi connectivity index (χ2v) is 8.19. The molecule has 31 heavy (non-hydrogen) atoms. The molecule has 4 heterocycles. The van der Waals surface area contributed by atoms with E-state index in [0.717, 1.165) is 47.5 Å². The summed E-state index contributed by atoms with van der Waals surface area (Å²) in [4.78, 5) is 21.7. The molecule has 0 atom stereocenters. The Labute approximate surface area is 181 Å². The summed E-state index contributed by atoms with van der Waals surface area (Å²) in [5.74, 6) is -0.0206. The molecule has 1 fully saturated rings. The molecule has 0 spiro atoms. The van der Waals surface area contributed by atoms with Crippen molar-refractivity contribution in [1.29, 1.82) is 0 Å². The summed E-state index contributed by atoms with van der Waals surface area (Å²) < 4.78 is 25.2. The number of furan rings is 1. The predicted molar refractivity (Wildman–Crippen MR) is 114 cm³/mol. The molecule has 3 aromatic heterocycles. The molecule has 0 bridgehead atoms. The molecule has 5 rings (SSSR count). The molecule has 0 amide bonds. The molecule has 1 saturated heterocycles. The number of esters is 1. The van der Waals surface area contributed by atoms with E-state index in [1.54, 1.807) is 22.7 Å². The third kappa shape index (κ3) is 3.91. The fourth-order valence-corrected chi connectivity index (χ4v) is 4.57. The van der Waals surface area contributed by atoms with E-state index >= 15 is 0 Å². The second kappa shape index (κ2) is 8.12. The number of rotatable bonds is 5. The number of benzene rings is 1. The number of halogens is 1. The first-order chi connectivity index (χ1) is 15.1. The van der Waals surface area contributed by atoms with Gasteiger partial charge < -0.3 is 14.1 Å². The summed E-state index contributed by atoms with van der Waals surface area (Å²) in [5, 5.41) is 5.59. The highest BCUT2D eigenvalue weighted by Gasteiger charge is 2.24. The molecule has 0 radical (unpaired) electrons. The Hall–Kier alpha value is -3.24. The quantitative estimate of drug-likeness (QED) is 0.440. The minimum absolute atomic E-state index is 0.266. The fraction of sp³-hybridized carbons (Fsp3) is 0.286. The van der Waals surface area contributed by atoms with Gasteiger partial charge >= 0.3 is 5.97 Å². The van der Waals surface area contributed by atoms with Crippen molar-refractivity contribution >= 4 is 27.4 Å². The summed E-state index contributed by atoms with van der Waals surface area (Å²) in [6, 6.07) is 7.93. The zero-order valence-corrected chi connectivity index (χ0v) is 17.6. The highest BCUT2D eigenvalue weighted by atomic mass is 32.1. The number of anilines is 1. The van der Waals surface area contributed by atoms with E-state index in [2.05, 4.69) is 19.9 Å². The van der Waals surface area contributed by atoms with E-state index < -0.39 is 0 Å². The van der Waals surface area contributed by atoms with Gasteiger partial charge in [0.25, 0.3) is 0 Å². The van der Waals surface area contributed by atoms with Gasteiger partial charge in [-0.3, -0.25) is 4.90 Å². The van der Waals surface area contributed by atoms with Crippen LogP contribution in [0.4, 0.5) is 9.52 Å². The number of carbonyl (C=O) groups is 1. The van der Waals surface area contributed by atoms with Crippen molar-refractivity contribution in [1.82, 2.24) is 19.5 Å². The normalized spacial score (nSPS) is 15.0. The van der Waals surface area contributed by atoms with E-state index in [9.17, 15) is 9.18 Å². The van der Waals surface area contributed by atoms with Crippen LogP contribution in [0, 0.1) is 5.82 Å². The number of imidazole rings is 1. The van der Waals surface area contributed by atoms with Gasteiger partial charge in [0.1, 0.15) is 17.1 Å². The van der Waals surface area contributed by atoms with Gasteiger partial charge in [0.05, 0.1) is 31.8 Å². The SMILES string of the molecule is COC(=O)c1ccoc1CN1CCN(c2nn3cc(-c4ccc(F)cc4)nc3s2)CC1. The maximum atomic E-state index is 13.1. The number of fused-ring (bicyclic) bond motifs is 1. The Bertz CT molecular complexity index is 1180. The van der Waals surface area contributed by atoms with Crippen molar-refractivity contribution in [3.05, 3.63) is 59.9 Å². The number of methoxy groups -OCH3 is 1. The van der Waals surface area contributed by atoms with Gasteiger partial charge in [-0.2, -0.15) is 0 Å². The molecular weight excluding hydrogens is 421 g/mol. The summed E-state index contributed by atoms with van der Waals surface area (Å²) in [5.41, 5.74) is 2.11. The van der Waals surface area contributed by atoms with E-state index in [0.29, 0.717) is 17.9 Å². The van der Waals surface area contributed by atoms with Gasteiger partial charge in [-0.15, -0.1) is 5.10 Å². The van der Waals surface area contributed by atoms with Crippen molar-refractivity contribution in [2.24, 2.45) is 0 Å². The van der Waals surface area contributed by atoms with Crippen molar-refractivity contribution in [3.63, 3.8) is 0 Å². The van der Waals surface area contributed by atoms with Crippen LogP contribution in [0.15, 0.2) is 47.2 Å². The number of carbonyl (C=O) groups excluding carboxylic acids is 1. The topological polar surface area (TPSA) is 76.1 Å². The van der Waals surface area contributed by atoms with Crippen LogP contribution in [0.25, 0.3) is 16.2 Å². The number of nitrogens with zero attached hydrogens (tertiary/aromatic N) is 5. The monoisotopic (exact) mass is 441 g/mol. The van der Waals surface area contributed by atoms with Crippen molar-refractivity contribution in [2.75, 3.05) is 38.2 Å². The largest absolute Gasteiger partial charge is 0.467 e. The first-order valence-corrected chi connectivity index (χ1v) is 10.7. The average molecular weight is 441 g/mol. The van der Waals surface area contributed by atoms with Crippen LogP contribution in [-0.4, -0.2) is 58.8 Å². The summed E-state index contributed by atoms with van der Waals surface area (Å²) in [6.45, 7) is 3.84. The first kappa shape index (κ1) is 19.7. The Morgan fingerprint density at radius 3 is 2.68 bits per heavy atom. The number of hydrogen-bond acceptors (Lipinski definition) is 8. The van der Waals surface area contributed by atoms with Crippen LogP contribution in [0.5, 0.6) is 0 Å². The Morgan fingerprint density at radius 1 is 1.19 bits per heavy atom. The molecule has 0 saturated carbocycles. The summed E-state index contributed by atoms with van der Waals surface area (Å²) in [6.07, 6.45) is 3.38. The van der Waals surface area contributed by atoms with Gasteiger partial charge in [-0.1, -0.05) is 11.3 Å². The minimum Gasteiger partial charge on any atom is -0.467 e. The first-order valence-electron chi connectivity index (χ1n) is 9.85. The Morgan fingerprint density at radius 2 is 1.97 bits per heavy atom. The molecule has 1 aromatic carbocycles. The third-order valence-corrected chi connectivity index (χ3v) is 6.32. The number of ether oxygens (including phenoxy) is 1. The number of hydrogen-bond donors (Lipinski definition) is 0.